The lowest BCUT2D eigenvalue weighted by Gasteiger charge is -2.26. The van der Waals surface area contributed by atoms with Gasteiger partial charge in [0.05, 0.1) is 12.6 Å². The molecule has 29 heavy (non-hydrogen) atoms. The van der Waals surface area contributed by atoms with Crippen LogP contribution in [0.1, 0.15) is 39.9 Å². The second-order valence-corrected chi connectivity index (χ2v) is 7.52. The van der Waals surface area contributed by atoms with Gasteiger partial charge in [-0.1, -0.05) is 24.3 Å². The van der Waals surface area contributed by atoms with E-state index in [2.05, 4.69) is 5.32 Å². The zero-order chi connectivity index (χ0) is 20.8. The third-order valence-electron chi connectivity index (χ3n) is 5.32. The number of aryl methyl sites for hydroxylation is 2. The largest absolute Gasteiger partial charge is 0.508 e. The standard InChI is InChI=1S/C23H28N2O4/c1-16-9-10-18(12-17(16)2)23(28)24-13-22(27)25(15-20-7-5-11-29-20)14-19-6-3-4-8-21(19)26/h3-4,6,8-10,12,20,26H,5,7,11,13-15H2,1-2H3,(H,24,28). The molecule has 1 fully saturated rings. The van der Waals surface area contributed by atoms with Gasteiger partial charge in [-0.2, -0.15) is 0 Å². The van der Waals surface area contributed by atoms with Gasteiger partial charge in [0.15, 0.2) is 0 Å². The number of benzene rings is 2. The first kappa shape index (κ1) is 20.9. The fourth-order valence-corrected chi connectivity index (χ4v) is 3.39. The third-order valence-corrected chi connectivity index (χ3v) is 5.32. The number of ether oxygens (including phenoxy) is 1. The summed E-state index contributed by atoms with van der Waals surface area (Å²) in [5.41, 5.74) is 3.35. The summed E-state index contributed by atoms with van der Waals surface area (Å²) in [7, 11) is 0. The summed E-state index contributed by atoms with van der Waals surface area (Å²) in [5.74, 6) is -0.334. The molecule has 1 saturated heterocycles. The van der Waals surface area contributed by atoms with Gasteiger partial charge in [0.2, 0.25) is 5.91 Å². The van der Waals surface area contributed by atoms with Gasteiger partial charge in [-0.15, -0.1) is 0 Å². The highest BCUT2D eigenvalue weighted by Gasteiger charge is 2.24. The van der Waals surface area contributed by atoms with Crippen LogP contribution in [0.3, 0.4) is 0 Å². The minimum atomic E-state index is -0.277. The van der Waals surface area contributed by atoms with Gasteiger partial charge in [-0.3, -0.25) is 9.59 Å². The van der Waals surface area contributed by atoms with E-state index in [1.165, 1.54) is 0 Å². The van der Waals surface area contributed by atoms with Crippen molar-refractivity contribution in [2.24, 2.45) is 0 Å². The number of phenolic OH excluding ortho intramolecular Hbond substituents is 1. The van der Waals surface area contributed by atoms with Gasteiger partial charge in [0.1, 0.15) is 5.75 Å². The molecule has 1 unspecified atom stereocenters. The van der Waals surface area contributed by atoms with Crippen LogP contribution in [0.4, 0.5) is 0 Å². The van der Waals surface area contributed by atoms with Crippen molar-refractivity contribution in [3.63, 3.8) is 0 Å². The molecule has 0 radical (unpaired) electrons. The van der Waals surface area contributed by atoms with Gasteiger partial charge < -0.3 is 20.1 Å². The Morgan fingerprint density at radius 3 is 2.66 bits per heavy atom. The number of hydrogen-bond acceptors (Lipinski definition) is 4. The average Bonchev–Trinajstić information content (AvgIpc) is 3.22. The lowest BCUT2D eigenvalue weighted by molar-refractivity contribution is -0.132. The maximum absolute atomic E-state index is 12.9. The van der Waals surface area contributed by atoms with Crippen LogP contribution in [-0.2, 0) is 16.1 Å². The minimum Gasteiger partial charge on any atom is -0.508 e. The Morgan fingerprint density at radius 2 is 1.97 bits per heavy atom. The molecule has 2 N–H and O–H groups in total. The molecule has 1 heterocycles. The van der Waals surface area contributed by atoms with E-state index in [0.29, 0.717) is 24.3 Å². The second-order valence-electron chi connectivity index (χ2n) is 7.52. The number of nitrogens with zero attached hydrogens (tertiary/aromatic N) is 1. The summed E-state index contributed by atoms with van der Waals surface area (Å²) >= 11 is 0. The van der Waals surface area contributed by atoms with Gasteiger partial charge in [-0.05, 0) is 56.0 Å². The van der Waals surface area contributed by atoms with Gasteiger partial charge in [0, 0.05) is 30.8 Å². The first-order valence-electron chi connectivity index (χ1n) is 9.95. The molecule has 0 bridgehead atoms. The van der Waals surface area contributed by atoms with E-state index in [1.807, 2.05) is 32.0 Å². The summed E-state index contributed by atoms with van der Waals surface area (Å²) in [4.78, 5) is 27.0. The Kier molecular flexibility index (Phi) is 6.88. The number of carbonyl (C=O) groups excluding carboxylic acids is 2. The van der Waals surface area contributed by atoms with Gasteiger partial charge in [0.25, 0.3) is 5.91 Å². The highest BCUT2D eigenvalue weighted by molar-refractivity contribution is 5.96. The summed E-state index contributed by atoms with van der Waals surface area (Å²) in [6.45, 7) is 5.24. The van der Waals surface area contributed by atoms with E-state index in [1.54, 1.807) is 29.2 Å². The van der Waals surface area contributed by atoms with Gasteiger partial charge in [-0.25, -0.2) is 0 Å². The summed E-state index contributed by atoms with van der Waals surface area (Å²) in [5, 5.41) is 12.8. The van der Waals surface area contributed by atoms with Crippen LogP contribution in [0.2, 0.25) is 0 Å². The Labute approximate surface area is 171 Å². The quantitative estimate of drug-likeness (QED) is 0.754. The van der Waals surface area contributed by atoms with Crippen molar-refractivity contribution in [3.8, 4) is 5.75 Å². The predicted octanol–water partition coefficient (Wildman–Crippen LogP) is 2.95. The normalized spacial score (nSPS) is 15.9. The van der Waals surface area contributed by atoms with Crippen LogP contribution in [0.5, 0.6) is 5.75 Å². The second kappa shape index (κ2) is 9.56. The maximum Gasteiger partial charge on any atom is 0.251 e. The first-order chi connectivity index (χ1) is 13.9. The summed E-state index contributed by atoms with van der Waals surface area (Å²) in [6.07, 6.45) is 1.87. The molecular weight excluding hydrogens is 368 g/mol. The molecule has 1 aliphatic heterocycles. The summed E-state index contributed by atoms with van der Waals surface area (Å²) in [6, 6.07) is 12.4. The highest BCUT2D eigenvalue weighted by Crippen LogP contribution is 2.20. The molecule has 2 amide bonds. The topological polar surface area (TPSA) is 78.9 Å². The van der Waals surface area contributed by atoms with Crippen molar-refractivity contribution in [3.05, 3.63) is 64.7 Å². The number of para-hydroxylation sites is 1. The number of amides is 2. The Morgan fingerprint density at radius 1 is 1.17 bits per heavy atom. The van der Waals surface area contributed by atoms with Crippen molar-refractivity contribution < 1.29 is 19.4 Å². The van der Waals surface area contributed by atoms with Crippen LogP contribution >= 0.6 is 0 Å². The minimum absolute atomic E-state index is 0.0137. The number of phenols is 1. The molecule has 2 aromatic rings. The van der Waals surface area contributed by atoms with E-state index in [9.17, 15) is 14.7 Å². The number of carbonyl (C=O) groups is 2. The molecule has 0 saturated carbocycles. The zero-order valence-electron chi connectivity index (χ0n) is 17.0. The van der Waals surface area contributed by atoms with Crippen LogP contribution in [-0.4, -0.2) is 47.6 Å². The summed E-state index contributed by atoms with van der Waals surface area (Å²) < 4.78 is 5.68. The number of rotatable bonds is 7. The monoisotopic (exact) mass is 396 g/mol. The van der Waals surface area contributed by atoms with E-state index >= 15 is 0 Å². The molecular formula is C23H28N2O4. The molecule has 1 aliphatic rings. The van der Waals surface area contributed by atoms with E-state index in [0.717, 1.165) is 24.0 Å². The predicted molar refractivity (Wildman–Crippen MR) is 111 cm³/mol. The molecule has 1 atom stereocenters. The first-order valence-corrected chi connectivity index (χ1v) is 9.95. The third kappa shape index (κ3) is 5.57. The SMILES string of the molecule is Cc1ccc(C(=O)NCC(=O)N(Cc2ccccc2O)CC2CCCO2)cc1C. The fourth-order valence-electron chi connectivity index (χ4n) is 3.39. The van der Waals surface area contributed by atoms with Crippen LogP contribution in [0, 0.1) is 13.8 Å². The molecule has 3 rings (SSSR count). The Hall–Kier alpha value is -2.86. The molecule has 2 aromatic carbocycles. The van der Waals surface area contributed by atoms with Crippen LogP contribution in [0.15, 0.2) is 42.5 Å². The van der Waals surface area contributed by atoms with Gasteiger partial charge >= 0.3 is 0 Å². The molecule has 0 aliphatic carbocycles. The van der Waals surface area contributed by atoms with Crippen LogP contribution in [0.25, 0.3) is 0 Å². The van der Waals surface area contributed by atoms with E-state index in [-0.39, 0.29) is 36.8 Å². The fraction of sp³-hybridized carbons (Fsp3) is 0.391. The number of hydrogen-bond donors (Lipinski definition) is 2. The van der Waals surface area contributed by atoms with Crippen LogP contribution < -0.4 is 5.32 Å². The van der Waals surface area contributed by atoms with Crippen molar-refractivity contribution in [1.29, 1.82) is 0 Å². The van der Waals surface area contributed by atoms with Crippen molar-refractivity contribution in [2.75, 3.05) is 19.7 Å². The Bertz CT molecular complexity index is 875. The molecule has 6 heteroatoms. The number of aromatic hydroxyl groups is 1. The Balaban J connectivity index is 1.65. The number of nitrogens with one attached hydrogen (secondary N) is 1. The smallest absolute Gasteiger partial charge is 0.251 e. The van der Waals surface area contributed by atoms with E-state index < -0.39 is 0 Å². The molecule has 0 spiro atoms. The van der Waals surface area contributed by atoms with E-state index in [4.69, 9.17) is 4.74 Å². The molecule has 6 nitrogen and oxygen atoms in total. The maximum atomic E-state index is 12.9. The average molecular weight is 396 g/mol. The zero-order valence-corrected chi connectivity index (χ0v) is 17.0. The lowest BCUT2D eigenvalue weighted by atomic mass is 10.1. The van der Waals surface area contributed by atoms with Crippen molar-refractivity contribution >= 4 is 11.8 Å². The molecule has 0 aromatic heterocycles. The van der Waals surface area contributed by atoms with Crippen molar-refractivity contribution in [1.82, 2.24) is 10.2 Å². The van der Waals surface area contributed by atoms with Crippen molar-refractivity contribution in [2.45, 2.75) is 39.3 Å². The lowest BCUT2D eigenvalue weighted by Crippen LogP contribution is -2.43. The highest BCUT2D eigenvalue weighted by atomic mass is 16.5. The molecule has 154 valence electrons.